The number of ether oxygens (including phenoxy) is 1. The Bertz CT molecular complexity index is 525. The van der Waals surface area contributed by atoms with E-state index in [1.807, 2.05) is 29.9 Å². The summed E-state index contributed by atoms with van der Waals surface area (Å²) in [4.78, 5) is 9.76. The van der Waals surface area contributed by atoms with Crippen LogP contribution in [0.1, 0.15) is 5.69 Å². The van der Waals surface area contributed by atoms with Crippen molar-refractivity contribution in [2.24, 2.45) is 0 Å². The van der Waals surface area contributed by atoms with E-state index in [1.165, 1.54) is 6.21 Å². The highest BCUT2D eigenvalue weighted by atomic mass is 32.1. The largest absolute Gasteiger partial charge is 0.479 e. The first-order valence-electron chi connectivity index (χ1n) is 5.10. The van der Waals surface area contributed by atoms with E-state index in [0.29, 0.717) is 23.1 Å². The highest BCUT2D eigenvalue weighted by Crippen LogP contribution is 2.30. The van der Waals surface area contributed by atoms with Gasteiger partial charge in [-0.3, -0.25) is 5.32 Å². The van der Waals surface area contributed by atoms with Gasteiger partial charge in [0.1, 0.15) is 5.69 Å². The topological polar surface area (TPSA) is 75.5 Å². The van der Waals surface area contributed by atoms with E-state index >= 15 is 0 Å². The van der Waals surface area contributed by atoms with Gasteiger partial charge in [0.15, 0.2) is 5.69 Å². The van der Waals surface area contributed by atoms with Crippen LogP contribution in [0.5, 0.6) is 5.88 Å². The van der Waals surface area contributed by atoms with Gasteiger partial charge < -0.3 is 10.1 Å². The molecule has 0 aliphatic carbocycles. The van der Waals surface area contributed by atoms with Crippen LogP contribution in [0, 0.1) is 5.41 Å². The third kappa shape index (κ3) is 2.17. The highest BCUT2D eigenvalue weighted by Gasteiger charge is 2.16. The smallest absolute Gasteiger partial charge is 0.255 e. The first-order chi connectivity index (χ1) is 8.30. The number of hydrogen-bond donors (Lipinski definition) is 2. The van der Waals surface area contributed by atoms with Gasteiger partial charge in [0.05, 0.1) is 25.2 Å². The van der Waals surface area contributed by atoms with Gasteiger partial charge in [-0.2, -0.15) is 4.98 Å². The van der Waals surface area contributed by atoms with Crippen molar-refractivity contribution in [3.05, 3.63) is 23.2 Å². The van der Waals surface area contributed by atoms with Crippen LogP contribution in [0.25, 0.3) is 10.6 Å². The Kier molecular flexibility index (Phi) is 3.46. The predicted octanol–water partition coefficient (Wildman–Crippen LogP) is 1.04. The Labute approximate surface area is 103 Å². The summed E-state index contributed by atoms with van der Waals surface area (Å²) in [7, 11) is 3.44. The molecule has 0 saturated carbocycles. The summed E-state index contributed by atoms with van der Waals surface area (Å²) < 4.78 is 5.25. The summed E-state index contributed by atoms with van der Waals surface area (Å²) in [5.74, 6) is 1.16. The number of quaternary nitrogens is 1. The van der Waals surface area contributed by atoms with Crippen LogP contribution in [0.3, 0.4) is 0 Å². The minimum Gasteiger partial charge on any atom is -0.479 e. The number of nitrogens with one attached hydrogen (secondary N) is 1. The molecular weight excluding hydrogens is 236 g/mol. The normalized spacial score (nSPS) is 10.2. The molecule has 88 valence electrons. The summed E-state index contributed by atoms with van der Waals surface area (Å²) in [5.41, 5.74) is 1.24. The first kappa shape index (κ1) is 11.7. The number of rotatable bonds is 4. The van der Waals surface area contributed by atoms with Gasteiger partial charge in [0, 0.05) is 0 Å². The van der Waals surface area contributed by atoms with Gasteiger partial charge in [-0.1, -0.05) is 6.07 Å². The summed E-state index contributed by atoms with van der Waals surface area (Å²) in [5, 5.41) is 11.1. The summed E-state index contributed by atoms with van der Waals surface area (Å²) in [6.45, 7) is 0. The second kappa shape index (κ2) is 5.03. The lowest BCUT2D eigenvalue weighted by atomic mass is 10.3. The molecule has 2 heterocycles. The molecule has 0 aromatic carbocycles. The molecule has 0 bridgehead atoms. The van der Waals surface area contributed by atoms with Gasteiger partial charge in [-0.15, -0.1) is 11.3 Å². The average Bonchev–Trinajstić information content (AvgIpc) is 2.90. The minimum absolute atomic E-state index is 0.492. The Morgan fingerprint density at radius 2 is 2.29 bits per heavy atom. The lowest BCUT2D eigenvalue weighted by Crippen LogP contribution is -2.73. The van der Waals surface area contributed by atoms with Crippen LogP contribution in [0.15, 0.2) is 17.5 Å². The summed E-state index contributed by atoms with van der Waals surface area (Å²) >= 11 is 1.57. The number of aromatic nitrogens is 2. The molecule has 0 fully saturated rings. The number of hydrogen-bond acceptors (Lipinski definition) is 5. The lowest BCUT2D eigenvalue weighted by molar-refractivity contribution is -0.543. The van der Waals surface area contributed by atoms with Crippen molar-refractivity contribution in [1.29, 1.82) is 5.41 Å². The fourth-order valence-electron chi connectivity index (χ4n) is 1.48. The molecule has 0 atom stereocenters. The van der Waals surface area contributed by atoms with E-state index < -0.39 is 0 Å². The summed E-state index contributed by atoms with van der Waals surface area (Å²) in [6.07, 6.45) is 1.21. The fourth-order valence-corrected chi connectivity index (χ4v) is 2.19. The van der Waals surface area contributed by atoms with E-state index in [0.717, 1.165) is 4.88 Å². The van der Waals surface area contributed by atoms with Crippen molar-refractivity contribution in [2.45, 2.75) is 0 Å². The lowest BCUT2D eigenvalue weighted by Gasteiger charge is -2.07. The number of methoxy groups -OCH3 is 1. The average molecular weight is 249 g/mol. The fraction of sp³-hybridized carbons (Fsp3) is 0.182. The molecule has 0 radical (unpaired) electrons. The van der Waals surface area contributed by atoms with Crippen LogP contribution in [-0.4, -0.2) is 30.3 Å². The SMILES string of the molecule is C[NH2+]c1nc(OC)c(-c2cccs2)nc1C=N. The zero-order chi connectivity index (χ0) is 12.3. The van der Waals surface area contributed by atoms with E-state index in [9.17, 15) is 0 Å². The number of thiophene rings is 1. The number of nitrogens with zero attached hydrogens (tertiary/aromatic N) is 2. The maximum absolute atomic E-state index is 7.35. The molecule has 5 nitrogen and oxygen atoms in total. The van der Waals surface area contributed by atoms with Crippen molar-refractivity contribution in [2.75, 3.05) is 14.2 Å². The minimum atomic E-state index is 0.492. The molecule has 2 aromatic heterocycles. The quantitative estimate of drug-likeness (QED) is 0.795. The van der Waals surface area contributed by atoms with Crippen molar-refractivity contribution < 1.29 is 10.1 Å². The highest BCUT2D eigenvalue weighted by molar-refractivity contribution is 7.13. The second-order valence-electron chi connectivity index (χ2n) is 3.26. The van der Waals surface area contributed by atoms with Crippen LogP contribution in [-0.2, 0) is 0 Å². The molecule has 0 aliphatic heterocycles. The zero-order valence-corrected chi connectivity index (χ0v) is 10.4. The Hall–Kier alpha value is -1.79. The zero-order valence-electron chi connectivity index (χ0n) is 9.60. The molecule has 6 heteroatoms. The van der Waals surface area contributed by atoms with Crippen molar-refractivity contribution in [3.63, 3.8) is 0 Å². The molecule has 0 amide bonds. The molecular formula is C11H13N4OS+. The molecule has 0 saturated heterocycles. The van der Waals surface area contributed by atoms with E-state index in [4.69, 9.17) is 10.1 Å². The molecule has 17 heavy (non-hydrogen) atoms. The molecule has 0 spiro atoms. The molecule has 0 aliphatic rings. The van der Waals surface area contributed by atoms with Gasteiger partial charge in [0.25, 0.3) is 5.82 Å². The predicted molar refractivity (Wildman–Crippen MR) is 67.3 cm³/mol. The van der Waals surface area contributed by atoms with Crippen LogP contribution >= 0.6 is 11.3 Å². The molecule has 0 unspecified atom stereocenters. The van der Waals surface area contributed by atoms with Gasteiger partial charge in [-0.05, 0) is 11.4 Å². The molecule has 2 aromatic rings. The monoisotopic (exact) mass is 249 g/mol. The number of nitrogens with two attached hydrogens (primary N) is 1. The first-order valence-corrected chi connectivity index (χ1v) is 5.97. The van der Waals surface area contributed by atoms with E-state index in [2.05, 4.69) is 9.97 Å². The third-order valence-corrected chi connectivity index (χ3v) is 3.15. The third-order valence-electron chi connectivity index (χ3n) is 2.28. The van der Waals surface area contributed by atoms with E-state index in [1.54, 1.807) is 18.4 Å². The van der Waals surface area contributed by atoms with Crippen molar-refractivity contribution in [1.82, 2.24) is 9.97 Å². The second-order valence-corrected chi connectivity index (χ2v) is 4.21. The van der Waals surface area contributed by atoms with Crippen LogP contribution in [0.4, 0.5) is 5.82 Å². The van der Waals surface area contributed by atoms with Crippen LogP contribution < -0.4 is 10.1 Å². The van der Waals surface area contributed by atoms with Crippen LogP contribution in [0.2, 0.25) is 0 Å². The Morgan fingerprint density at radius 3 is 2.82 bits per heavy atom. The molecule has 2 rings (SSSR count). The van der Waals surface area contributed by atoms with Crippen molar-refractivity contribution in [3.8, 4) is 16.5 Å². The molecule has 3 N–H and O–H groups in total. The van der Waals surface area contributed by atoms with Gasteiger partial charge >= 0.3 is 0 Å². The standard InChI is InChI=1S/C11H12N4OS/c1-13-10-7(6-12)14-9(11(15-10)16-2)8-4-3-5-17-8/h3-6,12H,1-2H3,(H,13,15)/p+1. The van der Waals surface area contributed by atoms with E-state index in [-0.39, 0.29) is 0 Å². The van der Waals surface area contributed by atoms with Gasteiger partial charge in [0.2, 0.25) is 5.88 Å². The Balaban J connectivity index is 2.62. The van der Waals surface area contributed by atoms with Crippen molar-refractivity contribution >= 4 is 23.4 Å². The Morgan fingerprint density at radius 1 is 1.47 bits per heavy atom. The summed E-state index contributed by atoms with van der Waals surface area (Å²) in [6, 6.07) is 3.91. The maximum Gasteiger partial charge on any atom is 0.255 e. The van der Waals surface area contributed by atoms with Gasteiger partial charge in [-0.25, -0.2) is 4.98 Å². The maximum atomic E-state index is 7.35.